The topological polar surface area (TPSA) is 167 Å². The molecule has 1 saturated heterocycles. The number of sulfonamides is 1. The number of anilines is 1. The number of hydrogen-bond acceptors (Lipinski definition) is 10. The molecule has 2 heterocycles. The maximum absolute atomic E-state index is 12.9. The van der Waals surface area contributed by atoms with Crippen LogP contribution in [0, 0.1) is 10.1 Å². The van der Waals surface area contributed by atoms with Gasteiger partial charge in [0.1, 0.15) is 17.1 Å². The molecule has 0 saturated carbocycles. The van der Waals surface area contributed by atoms with Gasteiger partial charge >= 0.3 is 5.97 Å². The molecule has 0 bridgehead atoms. The van der Waals surface area contributed by atoms with Crippen LogP contribution < -0.4 is 4.90 Å². The van der Waals surface area contributed by atoms with Gasteiger partial charge in [0.2, 0.25) is 15.2 Å². The number of para-hydroxylation sites is 1. The minimum atomic E-state index is -3.92. The number of phenols is 1. The molecule has 1 aliphatic rings. The lowest BCUT2D eigenvalue weighted by atomic mass is 10.1. The largest absolute Gasteiger partial charge is 0.507 e. The second-order valence-corrected chi connectivity index (χ2v) is 10.1. The van der Waals surface area contributed by atoms with E-state index >= 15 is 0 Å². The van der Waals surface area contributed by atoms with E-state index in [0.29, 0.717) is 29.6 Å². The smallest absolute Gasteiger partial charge is 0.339 e. The lowest BCUT2D eigenvalue weighted by molar-refractivity contribution is -0.385. The molecule has 3 aromatic rings. The van der Waals surface area contributed by atoms with Crippen molar-refractivity contribution in [2.45, 2.75) is 11.3 Å². The number of nitro groups is 1. The zero-order chi connectivity index (χ0) is 24.5. The third-order valence-electron chi connectivity index (χ3n) is 5.34. The van der Waals surface area contributed by atoms with Gasteiger partial charge in [0.15, 0.2) is 0 Å². The summed E-state index contributed by atoms with van der Waals surface area (Å²) in [4.78, 5) is 28.0. The molecule has 2 N–H and O–H groups in total. The van der Waals surface area contributed by atoms with Crippen molar-refractivity contribution in [2.75, 3.05) is 31.1 Å². The first kappa shape index (κ1) is 23.5. The first-order chi connectivity index (χ1) is 16.2. The summed E-state index contributed by atoms with van der Waals surface area (Å²) in [6.07, 6.45) is 0.206. The Morgan fingerprint density at radius 3 is 2.50 bits per heavy atom. The predicted molar refractivity (Wildman–Crippen MR) is 122 cm³/mol. The molecule has 0 spiro atoms. The number of aromatic hydroxyl groups is 1. The van der Waals surface area contributed by atoms with Gasteiger partial charge in [0, 0.05) is 61.8 Å². The summed E-state index contributed by atoms with van der Waals surface area (Å²) in [5, 5.41) is 30.6. The summed E-state index contributed by atoms with van der Waals surface area (Å²) in [5.74, 6) is -1.53. The van der Waals surface area contributed by atoms with Crippen LogP contribution in [0.2, 0.25) is 0 Å². The van der Waals surface area contributed by atoms with Crippen molar-refractivity contribution in [3.63, 3.8) is 0 Å². The van der Waals surface area contributed by atoms with Gasteiger partial charge in [-0.05, 0) is 12.1 Å². The molecule has 0 unspecified atom stereocenters. The zero-order valence-corrected chi connectivity index (χ0v) is 19.2. The number of carboxylic acids is 1. The first-order valence-corrected chi connectivity index (χ1v) is 12.2. The summed E-state index contributed by atoms with van der Waals surface area (Å²) < 4.78 is 31.4. The van der Waals surface area contributed by atoms with Gasteiger partial charge in [-0.1, -0.05) is 18.2 Å². The minimum absolute atomic E-state index is 0.0000880. The highest BCUT2D eigenvalue weighted by Crippen LogP contribution is 2.27. The molecule has 4 rings (SSSR count). The molecule has 178 valence electrons. The van der Waals surface area contributed by atoms with Gasteiger partial charge < -0.3 is 15.1 Å². The van der Waals surface area contributed by atoms with Crippen molar-refractivity contribution in [3.8, 4) is 5.75 Å². The highest BCUT2D eigenvalue weighted by atomic mass is 32.2. The van der Waals surface area contributed by atoms with Crippen molar-refractivity contribution in [2.24, 2.45) is 0 Å². The number of piperazine rings is 1. The van der Waals surface area contributed by atoms with Gasteiger partial charge in [-0.25, -0.2) is 18.2 Å². The average Bonchev–Trinajstić information content (AvgIpc) is 3.27. The number of carbonyl (C=O) groups is 1. The molecule has 1 aliphatic heterocycles. The van der Waals surface area contributed by atoms with E-state index in [2.05, 4.69) is 9.36 Å². The molecule has 0 aliphatic carbocycles. The van der Waals surface area contributed by atoms with Gasteiger partial charge in [-0.2, -0.15) is 8.68 Å². The van der Waals surface area contributed by atoms with Gasteiger partial charge in [0.25, 0.3) is 5.69 Å². The lowest BCUT2D eigenvalue weighted by Gasteiger charge is -2.33. The van der Waals surface area contributed by atoms with E-state index in [-0.39, 0.29) is 35.7 Å². The number of nitrogens with zero attached hydrogens (tertiary/aromatic N) is 5. The third kappa shape index (κ3) is 4.69. The van der Waals surface area contributed by atoms with E-state index in [1.54, 1.807) is 18.2 Å². The van der Waals surface area contributed by atoms with Crippen LogP contribution in [0.1, 0.15) is 21.7 Å². The fourth-order valence-corrected chi connectivity index (χ4v) is 5.75. The minimum Gasteiger partial charge on any atom is -0.507 e. The molecule has 0 atom stereocenters. The Morgan fingerprint density at radius 1 is 1.15 bits per heavy atom. The predicted octanol–water partition coefficient (Wildman–Crippen LogP) is 1.95. The first-order valence-electron chi connectivity index (χ1n) is 10.0. The van der Waals surface area contributed by atoms with Crippen LogP contribution in [-0.4, -0.2) is 69.4 Å². The number of carboxylic acid groups (broad SMARTS) is 1. The molecular formula is C20H19N5O7S2. The van der Waals surface area contributed by atoms with Crippen LogP contribution in [0.15, 0.2) is 47.4 Å². The van der Waals surface area contributed by atoms with E-state index in [4.69, 9.17) is 5.11 Å². The maximum Gasteiger partial charge on any atom is 0.339 e. The third-order valence-corrected chi connectivity index (χ3v) is 8.05. The van der Waals surface area contributed by atoms with E-state index in [1.165, 1.54) is 10.4 Å². The molecular weight excluding hydrogens is 486 g/mol. The summed E-state index contributed by atoms with van der Waals surface area (Å²) in [5.41, 5.74) is 0.127. The maximum atomic E-state index is 12.9. The Bertz CT molecular complexity index is 1350. The van der Waals surface area contributed by atoms with Crippen LogP contribution in [0.4, 0.5) is 10.8 Å². The van der Waals surface area contributed by atoms with Crippen LogP contribution >= 0.6 is 11.5 Å². The van der Waals surface area contributed by atoms with Crippen molar-refractivity contribution < 1.29 is 28.3 Å². The molecule has 2 aromatic carbocycles. The summed E-state index contributed by atoms with van der Waals surface area (Å²) in [7, 11) is -3.92. The number of benzene rings is 2. The monoisotopic (exact) mass is 505 g/mol. The standard InChI is InChI=1S/C20H19N5O7S2/c26-17-12-14(5-6-15(17)19(27)28)34(31,32)24-9-7-23(8-10-24)20-21-18(22-33-20)11-13-3-1-2-4-16(13)25(29)30/h1-6,12,26H,7-11H2,(H,27,28). The van der Waals surface area contributed by atoms with E-state index in [9.17, 15) is 28.4 Å². The van der Waals surface area contributed by atoms with Crippen molar-refractivity contribution >= 4 is 38.3 Å². The van der Waals surface area contributed by atoms with Crippen molar-refractivity contribution in [1.82, 2.24) is 13.7 Å². The molecule has 1 fully saturated rings. The molecule has 0 amide bonds. The van der Waals surface area contributed by atoms with E-state index in [0.717, 1.165) is 29.7 Å². The fraction of sp³-hybridized carbons (Fsp3) is 0.250. The number of aromatic carboxylic acids is 1. The van der Waals surface area contributed by atoms with Crippen molar-refractivity contribution in [3.05, 3.63) is 69.5 Å². The van der Waals surface area contributed by atoms with Crippen LogP contribution in [0.5, 0.6) is 5.75 Å². The van der Waals surface area contributed by atoms with Crippen molar-refractivity contribution in [1.29, 1.82) is 0 Å². The Labute approximate surface area is 198 Å². The molecule has 14 heteroatoms. The number of aromatic nitrogens is 2. The van der Waals surface area contributed by atoms with Crippen LogP contribution in [-0.2, 0) is 16.4 Å². The average molecular weight is 506 g/mol. The van der Waals surface area contributed by atoms with Crippen LogP contribution in [0.3, 0.4) is 0 Å². The highest BCUT2D eigenvalue weighted by molar-refractivity contribution is 7.89. The number of rotatable bonds is 7. The SMILES string of the molecule is O=C(O)c1ccc(S(=O)(=O)N2CCN(c3nc(Cc4ccccc4[N+](=O)[O-])ns3)CC2)cc1O. The Kier molecular flexibility index (Phi) is 6.45. The highest BCUT2D eigenvalue weighted by Gasteiger charge is 2.30. The summed E-state index contributed by atoms with van der Waals surface area (Å²) >= 11 is 1.14. The summed E-state index contributed by atoms with van der Waals surface area (Å²) in [6.45, 7) is 1.00. The second kappa shape index (κ2) is 9.32. The quantitative estimate of drug-likeness (QED) is 0.358. The lowest BCUT2D eigenvalue weighted by Crippen LogP contribution is -2.48. The van der Waals surface area contributed by atoms with Gasteiger partial charge in [-0.15, -0.1) is 0 Å². The Balaban J connectivity index is 1.43. The van der Waals surface area contributed by atoms with E-state index in [1.807, 2.05) is 4.90 Å². The number of hydrogen-bond donors (Lipinski definition) is 2. The Morgan fingerprint density at radius 2 is 1.85 bits per heavy atom. The van der Waals surface area contributed by atoms with Gasteiger partial charge in [0.05, 0.1) is 9.82 Å². The summed E-state index contributed by atoms with van der Waals surface area (Å²) in [6, 6.07) is 9.54. The Hall–Kier alpha value is -3.62. The number of nitro benzene ring substituents is 1. The molecule has 0 radical (unpaired) electrons. The van der Waals surface area contributed by atoms with Gasteiger partial charge in [-0.3, -0.25) is 10.1 Å². The molecule has 1 aromatic heterocycles. The molecule has 34 heavy (non-hydrogen) atoms. The molecule has 12 nitrogen and oxygen atoms in total. The normalized spacial score (nSPS) is 14.8. The van der Waals surface area contributed by atoms with E-state index < -0.39 is 26.7 Å². The second-order valence-electron chi connectivity index (χ2n) is 7.43. The zero-order valence-electron chi connectivity index (χ0n) is 17.6. The fourth-order valence-electron chi connectivity index (χ4n) is 3.58. The van der Waals surface area contributed by atoms with Crippen LogP contribution in [0.25, 0.3) is 0 Å².